The van der Waals surface area contributed by atoms with E-state index >= 15 is 0 Å². The first-order valence-corrected chi connectivity index (χ1v) is 6.32. The molecule has 0 spiro atoms. The summed E-state index contributed by atoms with van der Waals surface area (Å²) in [4.78, 5) is 0. The zero-order valence-corrected chi connectivity index (χ0v) is 10.8. The molecule has 2 rings (SSSR count). The Labute approximate surface area is 108 Å². The van der Waals surface area contributed by atoms with Crippen molar-refractivity contribution in [2.75, 3.05) is 6.61 Å². The van der Waals surface area contributed by atoms with Gasteiger partial charge in [-0.1, -0.05) is 25.1 Å². The van der Waals surface area contributed by atoms with Crippen LogP contribution in [-0.2, 0) is 6.42 Å². The second-order valence-corrected chi connectivity index (χ2v) is 4.11. The van der Waals surface area contributed by atoms with Gasteiger partial charge in [-0.05, 0) is 25.1 Å². The predicted molar refractivity (Wildman–Crippen MR) is 71.7 cm³/mol. The molecule has 0 saturated heterocycles. The number of nitrogens with two attached hydrogens (primary N) is 1. The molecule has 3 nitrogen and oxygen atoms in total. The molecule has 1 unspecified atom stereocenters. The van der Waals surface area contributed by atoms with Crippen LogP contribution in [0.5, 0.6) is 5.75 Å². The van der Waals surface area contributed by atoms with Crippen molar-refractivity contribution in [2.45, 2.75) is 26.3 Å². The lowest BCUT2D eigenvalue weighted by Gasteiger charge is -2.14. The van der Waals surface area contributed by atoms with Crippen molar-refractivity contribution in [3.63, 3.8) is 0 Å². The molecular formula is C15H19NO2. The van der Waals surface area contributed by atoms with Gasteiger partial charge in [-0.15, -0.1) is 0 Å². The van der Waals surface area contributed by atoms with Crippen LogP contribution in [0.3, 0.4) is 0 Å². The molecule has 0 fully saturated rings. The summed E-state index contributed by atoms with van der Waals surface area (Å²) in [7, 11) is 0. The van der Waals surface area contributed by atoms with Crippen molar-refractivity contribution in [2.24, 2.45) is 5.73 Å². The Balaban J connectivity index is 2.29. The summed E-state index contributed by atoms with van der Waals surface area (Å²) >= 11 is 0. The molecule has 96 valence electrons. The summed E-state index contributed by atoms with van der Waals surface area (Å²) in [6.45, 7) is 4.65. The van der Waals surface area contributed by atoms with Crippen LogP contribution in [0, 0.1) is 0 Å². The Morgan fingerprint density at radius 2 is 1.94 bits per heavy atom. The monoisotopic (exact) mass is 245 g/mol. The van der Waals surface area contributed by atoms with E-state index in [0.717, 1.165) is 29.3 Å². The third kappa shape index (κ3) is 2.57. The molecule has 0 aliphatic carbocycles. The Bertz CT molecular complexity index is 505. The third-order valence-corrected chi connectivity index (χ3v) is 2.89. The first-order chi connectivity index (χ1) is 8.76. The minimum atomic E-state index is -0.284. The quantitative estimate of drug-likeness (QED) is 0.879. The lowest BCUT2D eigenvalue weighted by atomic mass is 10.0. The van der Waals surface area contributed by atoms with Gasteiger partial charge in [0.1, 0.15) is 17.3 Å². The molecule has 2 N–H and O–H groups in total. The van der Waals surface area contributed by atoms with Crippen molar-refractivity contribution in [3.05, 3.63) is 53.5 Å². The van der Waals surface area contributed by atoms with E-state index in [9.17, 15) is 0 Å². The molecule has 18 heavy (non-hydrogen) atoms. The molecule has 1 aromatic carbocycles. The lowest BCUT2D eigenvalue weighted by molar-refractivity contribution is 0.333. The average molecular weight is 245 g/mol. The summed E-state index contributed by atoms with van der Waals surface area (Å²) in [6.07, 6.45) is 0.875. The maximum absolute atomic E-state index is 6.24. The van der Waals surface area contributed by atoms with Crippen LogP contribution in [0.25, 0.3) is 0 Å². The molecule has 0 bridgehead atoms. The molecule has 0 saturated carbocycles. The highest BCUT2D eigenvalue weighted by molar-refractivity contribution is 5.39. The predicted octanol–water partition coefficient (Wildman–Crippen LogP) is 3.29. The maximum atomic E-state index is 6.24. The SMILES string of the molecule is CCOc1ccccc1C(N)c1ccc(CC)o1. The number of benzene rings is 1. The molecule has 1 aromatic heterocycles. The molecule has 0 amide bonds. The van der Waals surface area contributed by atoms with Crippen molar-refractivity contribution in [1.29, 1.82) is 0 Å². The first kappa shape index (κ1) is 12.7. The number of hydrogen-bond donors (Lipinski definition) is 1. The highest BCUT2D eigenvalue weighted by atomic mass is 16.5. The molecule has 0 radical (unpaired) electrons. The molecule has 2 aromatic rings. The van der Waals surface area contributed by atoms with Crippen molar-refractivity contribution in [3.8, 4) is 5.75 Å². The second kappa shape index (κ2) is 5.74. The number of para-hydroxylation sites is 1. The van der Waals surface area contributed by atoms with Crippen molar-refractivity contribution < 1.29 is 9.15 Å². The third-order valence-electron chi connectivity index (χ3n) is 2.89. The number of furan rings is 1. The average Bonchev–Trinajstić information content (AvgIpc) is 2.88. The Hall–Kier alpha value is -1.74. The van der Waals surface area contributed by atoms with Gasteiger partial charge in [0.15, 0.2) is 0 Å². The maximum Gasteiger partial charge on any atom is 0.125 e. The summed E-state index contributed by atoms with van der Waals surface area (Å²) in [6, 6.07) is 11.4. The van der Waals surface area contributed by atoms with E-state index in [1.165, 1.54) is 0 Å². The Morgan fingerprint density at radius 3 is 2.61 bits per heavy atom. The first-order valence-electron chi connectivity index (χ1n) is 6.32. The van der Waals surface area contributed by atoms with Gasteiger partial charge in [0.05, 0.1) is 12.6 Å². The summed E-state index contributed by atoms with van der Waals surface area (Å²) in [5.41, 5.74) is 7.20. The van der Waals surface area contributed by atoms with E-state index in [1.807, 2.05) is 43.3 Å². The number of hydrogen-bond acceptors (Lipinski definition) is 3. The van der Waals surface area contributed by atoms with Crippen molar-refractivity contribution >= 4 is 0 Å². The molecule has 1 atom stereocenters. The van der Waals surface area contributed by atoms with Gasteiger partial charge in [-0.3, -0.25) is 0 Å². The number of ether oxygens (including phenoxy) is 1. The Morgan fingerprint density at radius 1 is 1.17 bits per heavy atom. The fourth-order valence-corrected chi connectivity index (χ4v) is 1.93. The molecule has 3 heteroatoms. The summed E-state index contributed by atoms with van der Waals surface area (Å²) in [5, 5.41) is 0. The smallest absolute Gasteiger partial charge is 0.125 e. The van der Waals surface area contributed by atoms with Gasteiger partial charge in [0.2, 0.25) is 0 Å². The minimum Gasteiger partial charge on any atom is -0.494 e. The van der Waals surface area contributed by atoms with Gasteiger partial charge in [-0.25, -0.2) is 0 Å². The fourth-order valence-electron chi connectivity index (χ4n) is 1.93. The summed E-state index contributed by atoms with van der Waals surface area (Å²) in [5.74, 6) is 2.55. The van der Waals surface area contributed by atoms with E-state index in [-0.39, 0.29) is 6.04 Å². The second-order valence-electron chi connectivity index (χ2n) is 4.11. The van der Waals surface area contributed by atoms with Crippen LogP contribution < -0.4 is 10.5 Å². The fraction of sp³-hybridized carbons (Fsp3) is 0.333. The normalized spacial score (nSPS) is 12.4. The van der Waals surface area contributed by atoms with Crippen LogP contribution in [0.1, 0.15) is 37.0 Å². The van der Waals surface area contributed by atoms with Crippen LogP contribution in [0.4, 0.5) is 0 Å². The van der Waals surface area contributed by atoms with E-state index in [1.54, 1.807) is 0 Å². The van der Waals surface area contributed by atoms with Gasteiger partial charge in [0.25, 0.3) is 0 Å². The van der Waals surface area contributed by atoms with Gasteiger partial charge < -0.3 is 14.9 Å². The molecule has 0 aliphatic rings. The van der Waals surface area contributed by atoms with E-state index < -0.39 is 0 Å². The lowest BCUT2D eigenvalue weighted by Crippen LogP contribution is -2.12. The summed E-state index contributed by atoms with van der Waals surface area (Å²) < 4.78 is 11.3. The largest absolute Gasteiger partial charge is 0.494 e. The highest BCUT2D eigenvalue weighted by Crippen LogP contribution is 2.29. The van der Waals surface area contributed by atoms with Gasteiger partial charge >= 0.3 is 0 Å². The molecule has 0 aliphatic heterocycles. The van der Waals surface area contributed by atoms with Gasteiger partial charge in [0, 0.05) is 12.0 Å². The van der Waals surface area contributed by atoms with Crippen LogP contribution in [-0.4, -0.2) is 6.61 Å². The van der Waals surface area contributed by atoms with Crippen LogP contribution in [0.15, 0.2) is 40.8 Å². The standard InChI is InChI=1S/C15H19NO2/c1-3-11-9-10-14(18-11)15(16)12-7-5-6-8-13(12)17-4-2/h5-10,15H,3-4,16H2,1-2H3. The number of rotatable bonds is 5. The topological polar surface area (TPSA) is 48.4 Å². The minimum absolute atomic E-state index is 0.284. The zero-order chi connectivity index (χ0) is 13.0. The van der Waals surface area contributed by atoms with E-state index in [0.29, 0.717) is 6.61 Å². The highest BCUT2D eigenvalue weighted by Gasteiger charge is 2.16. The van der Waals surface area contributed by atoms with Crippen LogP contribution >= 0.6 is 0 Å². The Kier molecular flexibility index (Phi) is 4.05. The van der Waals surface area contributed by atoms with E-state index in [2.05, 4.69) is 6.92 Å². The molecular weight excluding hydrogens is 226 g/mol. The van der Waals surface area contributed by atoms with Crippen LogP contribution in [0.2, 0.25) is 0 Å². The number of aryl methyl sites for hydroxylation is 1. The van der Waals surface area contributed by atoms with Crippen molar-refractivity contribution in [1.82, 2.24) is 0 Å². The molecule has 1 heterocycles. The zero-order valence-electron chi connectivity index (χ0n) is 10.8. The van der Waals surface area contributed by atoms with E-state index in [4.69, 9.17) is 14.9 Å². The van der Waals surface area contributed by atoms with Gasteiger partial charge in [-0.2, -0.15) is 0 Å².